The van der Waals surface area contributed by atoms with E-state index in [0.717, 1.165) is 28.1 Å². The predicted molar refractivity (Wildman–Crippen MR) is 77.5 cm³/mol. The second-order valence-electron chi connectivity index (χ2n) is 5.41. The standard InChI is InChI=1S/C17H11F3N2O/c18-17(19,20)15-9-10-22(21-15)16(23)13-7-3-1-5-11(13)12-6-2-4-8-14(12)16/h1-10,23H. The molecule has 1 aromatic heterocycles. The maximum Gasteiger partial charge on any atom is 0.435 e. The van der Waals surface area contributed by atoms with Crippen molar-refractivity contribution in [3.8, 4) is 11.1 Å². The summed E-state index contributed by atoms with van der Waals surface area (Å²) in [5.41, 5.74) is -0.190. The summed E-state index contributed by atoms with van der Waals surface area (Å²) in [5.74, 6) is 0. The van der Waals surface area contributed by atoms with Crippen LogP contribution in [0.15, 0.2) is 60.8 Å². The van der Waals surface area contributed by atoms with E-state index in [4.69, 9.17) is 0 Å². The van der Waals surface area contributed by atoms with Crippen molar-refractivity contribution < 1.29 is 18.3 Å². The Morgan fingerprint density at radius 3 is 1.87 bits per heavy atom. The maximum atomic E-state index is 12.8. The third-order valence-electron chi connectivity index (χ3n) is 4.11. The molecule has 3 nitrogen and oxygen atoms in total. The lowest BCUT2D eigenvalue weighted by molar-refractivity contribution is -0.142. The first-order chi connectivity index (χ1) is 10.9. The molecular weight excluding hydrogens is 305 g/mol. The first-order valence-electron chi connectivity index (χ1n) is 6.97. The maximum absolute atomic E-state index is 12.8. The molecule has 0 amide bonds. The van der Waals surface area contributed by atoms with E-state index in [1.54, 1.807) is 24.3 Å². The summed E-state index contributed by atoms with van der Waals surface area (Å²) >= 11 is 0. The van der Waals surface area contributed by atoms with E-state index in [0.29, 0.717) is 11.1 Å². The second kappa shape index (κ2) is 4.45. The molecule has 1 aliphatic rings. The topological polar surface area (TPSA) is 38.0 Å². The quantitative estimate of drug-likeness (QED) is 0.744. The van der Waals surface area contributed by atoms with Crippen molar-refractivity contribution in [2.45, 2.75) is 11.9 Å². The van der Waals surface area contributed by atoms with E-state index >= 15 is 0 Å². The number of alkyl halides is 3. The molecule has 0 radical (unpaired) electrons. The van der Waals surface area contributed by atoms with Gasteiger partial charge in [-0.25, -0.2) is 4.68 Å². The van der Waals surface area contributed by atoms with Gasteiger partial charge in [0.15, 0.2) is 5.69 Å². The molecule has 0 atom stereocenters. The Balaban J connectivity index is 1.98. The zero-order valence-corrected chi connectivity index (χ0v) is 11.7. The van der Waals surface area contributed by atoms with Crippen LogP contribution in [0.4, 0.5) is 13.2 Å². The van der Waals surface area contributed by atoms with Gasteiger partial charge in [-0.05, 0) is 17.2 Å². The highest BCUT2D eigenvalue weighted by atomic mass is 19.4. The molecular formula is C17H11F3N2O. The minimum Gasteiger partial charge on any atom is -0.362 e. The van der Waals surface area contributed by atoms with E-state index in [-0.39, 0.29) is 0 Å². The Morgan fingerprint density at radius 1 is 0.870 bits per heavy atom. The van der Waals surface area contributed by atoms with Crippen LogP contribution in [0.3, 0.4) is 0 Å². The summed E-state index contributed by atoms with van der Waals surface area (Å²) in [6, 6.07) is 15.1. The second-order valence-corrected chi connectivity index (χ2v) is 5.41. The Labute approximate surface area is 129 Å². The van der Waals surface area contributed by atoms with Crippen molar-refractivity contribution in [2.75, 3.05) is 0 Å². The minimum absolute atomic E-state index is 0.512. The minimum atomic E-state index is -4.56. The number of halogens is 3. The van der Waals surface area contributed by atoms with E-state index in [2.05, 4.69) is 5.10 Å². The number of benzene rings is 2. The molecule has 0 saturated carbocycles. The Hall–Kier alpha value is -2.60. The van der Waals surface area contributed by atoms with Crippen molar-refractivity contribution in [1.82, 2.24) is 9.78 Å². The van der Waals surface area contributed by atoms with Gasteiger partial charge in [0.2, 0.25) is 5.72 Å². The summed E-state index contributed by atoms with van der Waals surface area (Å²) in [5, 5.41) is 14.9. The van der Waals surface area contributed by atoms with Crippen LogP contribution < -0.4 is 0 Å². The highest BCUT2D eigenvalue weighted by Gasteiger charge is 2.45. The van der Waals surface area contributed by atoms with Gasteiger partial charge in [0.05, 0.1) is 0 Å². The van der Waals surface area contributed by atoms with Crippen molar-refractivity contribution >= 4 is 0 Å². The molecule has 0 bridgehead atoms. The van der Waals surface area contributed by atoms with E-state index in [1.165, 1.54) is 0 Å². The Morgan fingerprint density at radius 2 is 1.39 bits per heavy atom. The molecule has 0 fully saturated rings. The van der Waals surface area contributed by atoms with Crippen molar-refractivity contribution in [3.63, 3.8) is 0 Å². The van der Waals surface area contributed by atoms with E-state index in [9.17, 15) is 18.3 Å². The lowest BCUT2D eigenvalue weighted by Gasteiger charge is -2.26. The average Bonchev–Trinajstić information content (AvgIpc) is 3.12. The number of rotatable bonds is 1. The summed E-state index contributed by atoms with van der Waals surface area (Å²) in [6.07, 6.45) is -3.40. The van der Waals surface area contributed by atoms with Crippen LogP contribution in [-0.2, 0) is 11.9 Å². The summed E-state index contributed by atoms with van der Waals surface area (Å²) < 4.78 is 39.5. The predicted octanol–water partition coefficient (Wildman–Crippen LogP) is 3.62. The fourth-order valence-electron chi connectivity index (χ4n) is 3.09. The monoisotopic (exact) mass is 316 g/mol. The van der Waals surface area contributed by atoms with Gasteiger partial charge in [-0.3, -0.25) is 0 Å². The van der Waals surface area contributed by atoms with Gasteiger partial charge in [0.1, 0.15) is 0 Å². The van der Waals surface area contributed by atoms with Crippen molar-refractivity contribution in [3.05, 3.63) is 77.6 Å². The fraction of sp³-hybridized carbons (Fsp3) is 0.118. The van der Waals surface area contributed by atoms with Crippen LogP contribution in [0.5, 0.6) is 0 Å². The summed E-state index contributed by atoms with van der Waals surface area (Å²) in [6.45, 7) is 0. The molecule has 1 aliphatic carbocycles. The smallest absolute Gasteiger partial charge is 0.362 e. The number of nitrogens with zero attached hydrogens (tertiary/aromatic N) is 2. The van der Waals surface area contributed by atoms with Crippen LogP contribution >= 0.6 is 0 Å². The SMILES string of the molecule is OC1(n2ccc(C(F)(F)F)n2)c2ccccc2-c2ccccc21. The lowest BCUT2D eigenvalue weighted by Crippen LogP contribution is -2.34. The molecule has 0 spiro atoms. The molecule has 4 rings (SSSR count). The van der Waals surface area contributed by atoms with E-state index in [1.807, 2.05) is 24.3 Å². The van der Waals surface area contributed by atoms with Gasteiger partial charge in [-0.2, -0.15) is 18.3 Å². The van der Waals surface area contributed by atoms with Crippen molar-refractivity contribution in [2.24, 2.45) is 0 Å². The Bertz CT molecular complexity index is 853. The van der Waals surface area contributed by atoms with Crippen LogP contribution in [0.2, 0.25) is 0 Å². The van der Waals surface area contributed by atoms with Gasteiger partial charge >= 0.3 is 6.18 Å². The molecule has 0 aliphatic heterocycles. The van der Waals surface area contributed by atoms with Crippen LogP contribution in [-0.4, -0.2) is 14.9 Å². The normalized spacial score (nSPS) is 15.3. The Kier molecular flexibility index (Phi) is 2.72. The van der Waals surface area contributed by atoms with Gasteiger partial charge in [-0.15, -0.1) is 0 Å². The molecule has 0 unspecified atom stereocenters. The fourth-order valence-corrected chi connectivity index (χ4v) is 3.09. The molecule has 0 saturated heterocycles. The summed E-state index contributed by atoms with van der Waals surface area (Å²) in [4.78, 5) is 0. The highest BCUT2D eigenvalue weighted by molar-refractivity contribution is 5.79. The third kappa shape index (κ3) is 1.85. The zero-order valence-electron chi connectivity index (χ0n) is 11.7. The average molecular weight is 316 g/mol. The molecule has 2 aromatic carbocycles. The summed E-state index contributed by atoms with van der Waals surface area (Å²) in [7, 11) is 0. The highest BCUT2D eigenvalue weighted by Crippen LogP contribution is 2.47. The largest absolute Gasteiger partial charge is 0.435 e. The first kappa shape index (κ1) is 14.0. The number of hydrogen-bond acceptors (Lipinski definition) is 2. The van der Waals surface area contributed by atoms with Gasteiger partial charge < -0.3 is 5.11 Å². The number of fused-ring (bicyclic) bond motifs is 3. The molecule has 116 valence electrons. The third-order valence-corrected chi connectivity index (χ3v) is 4.11. The van der Waals surface area contributed by atoms with Gasteiger partial charge in [0.25, 0.3) is 0 Å². The van der Waals surface area contributed by atoms with Gasteiger partial charge in [-0.1, -0.05) is 48.5 Å². The molecule has 1 N–H and O–H groups in total. The molecule has 3 aromatic rings. The molecule has 23 heavy (non-hydrogen) atoms. The zero-order chi connectivity index (χ0) is 16.2. The lowest BCUT2D eigenvalue weighted by atomic mass is 10.0. The molecule has 6 heteroatoms. The molecule has 1 heterocycles. The van der Waals surface area contributed by atoms with Crippen LogP contribution in [0, 0.1) is 0 Å². The van der Waals surface area contributed by atoms with Crippen molar-refractivity contribution in [1.29, 1.82) is 0 Å². The van der Waals surface area contributed by atoms with Gasteiger partial charge in [0, 0.05) is 17.3 Å². The number of aromatic nitrogens is 2. The number of hydrogen-bond donors (Lipinski definition) is 1. The van der Waals surface area contributed by atoms with Crippen LogP contribution in [0.1, 0.15) is 16.8 Å². The first-order valence-corrected chi connectivity index (χ1v) is 6.97. The van der Waals surface area contributed by atoms with Crippen LogP contribution in [0.25, 0.3) is 11.1 Å². The number of aliphatic hydroxyl groups is 1. The van der Waals surface area contributed by atoms with E-state index < -0.39 is 17.6 Å².